The van der Waals surface area contributed by atoms with E-state index in [1.165, 1.54) is 0 Å². The Labute approximate surface area is 161 Å². The minimum Gasteiger partial charge on any atom is -0.348 e. The molecule has 0 radical (unpaired) electrons. The molecule has 3 aromatic rings. The molecule has 7 heteroatoms. The van der Waals surface area contributed by atoms with Crippen LogP contribution in [0.2, 0.25) is 0 Å². The average Bonchev–Trinajstić information content (AvgIpc) is 3.32. The molecule has 27 heavy (non-hydrogen) atoms. The highest BCUT2D eigenvalue weighted by atomic mass is 32.2. The fourth-order valence-corrected chi connectivity index (χ4v) is 4.24. The van der Waals surface area contributed by atoms with Crippen LogP contribution in [0.4, 0.5) is 5.69 Å². The Kier molecular flexibility index (Phi) is 4.85. The van der Waals surface area contributed by atoms with Gasteiger partial charge in [-0.3, -0.25) is 9.59 Å². The van der Waals surface area contributed by atoms with Crippen LogP contribution in [0.25, 0.3) is 11.0 Å². The molecule has 1 fully saturated rings. The molecule has 1 aliphatic heterocycles. The summed E-state index contributed by atoms with van der Waals surface area (Å²) in [5, 5.41) is 6.83. The van der Waals surface area contributed by atoms with Gasteiger partial charge in [-0.1, -0.05) is 6.07 Å². The van der Waals surface area contributed by atoms with Crippen molar-refractivity contribution in [1.82, 2.24) is 15.3 Å². The number of rotatable bonds is 4. The van der Waals surface area contributed by atoms with E-state index in [0.717, 1.165) is 28.9 Å². The van der Waals surface area contributed by atoms with Gasteiger partial charge < -0.3 is 15.6 Å². The van der Waals surface area contributed by atoms with Crippen LogP contribution in [-0.2, 0) is 0 Å². The molecule has 0 saturated carbocycles. The Hall–Kier alpha value is -2.80. The second-order valence-electron chi connectivity index (χ2n) is 6.64. The van der Waals surface area contributed by atoms with Crippen molar-refractivity contribution in [3.05, 3.63) is 59.4 Å². The van der Waals surface area contributed by atoms with E-state index in [9.17, 15) is 9.59 Å². The van der Waals surface area contributed by atoms with E-state index >= 15 is 0 Å². The van der Waals surface area contributed by atoms with E-state index in [0.29, 0.717) is 22.6 Å². The van der Waals surface area contributed by atoms with Gasteiger partial charge in [0.1, 0.15) is 11.3 Å². The van der Waals surface area contributed by atoms with Crippen LogP contribution in [-0.4, -0.2) is 39.3 Å². The second kappa shape index (κ2) is 7.44. The highest BCUT2D eigenvalue weighted by Crippen LogP contribution is 2.21. The summed E-state index contributed by atoms with van der Waals surface area (Å²) in [6.45, 7) is 1.90. The van der Waals surface area contributed by atoms with Crippen LogP contribution < -0.4 is 10.6 Å². The monoisotopic (exact) mass is 380 g/mol. The Morgan fingerprint density at radius 1 is 1.22 bits per heavy atom. The minimum atomic E-state index is -0.263. The van der Waals surface area contributed by atoms with Crippen molar-refractivity contribution in [1.29, 1.82) is 0 Å². The number of amides is 2. The molecule has 0 aliphatic carbocycles. The number of nitrogens with zero attached hydrogens (tertiary/aromatic N) is 1. The first-order valence-electron chi connectivity index (χ1n) is 8.84. The maximum Gasteiger partial charge on any atom is 0.272 e. The molecule has 1 unspecified atom stereocenters. The van der Waals surface area contributed by atoms with Gasteiger partial charge in [0.25, 0.3) is 11.8 Å². The van der Waals surface area contributed by atoms with Crippen LogP contribution in [0.5, 0.6) is 0 Å². The number of aryl methyl sites for hydroxylation is 1. The molecule has 138 valence electrons. The maximum absolute atomic E-state index is 12.6. The van der Waals surface area contributed by atoms with Crippen molar-refractivity contribution in [2.45, 2.75) is 19.4 Å². The molecule has 1 atom stereocenters. The van der Waals surface area contributed by atoms with E-state index in [1.54, 1.807) is 24.4 Å². The van der Waals surface area contributed by atoms with Gasteiger partial charge in [0, 0.05) is 34.6 Å². The van der Waals surface area contributed by atoms with Crippen molar-refractivity contribution < 1.29 is 9.59 Å². The standard InChI is InChI=1S/C20H20N4O2S/c1-12-4-5-14(19(25)22-15-6-8-27-11-15)10-16(12)24-20(26)17-9-13-3-2-7-21-18(13)23-17/h2-5,7,9-10,15H,6,8,11H2,1H3,(H,21,23)(H,22,25)(H,24,26). The number of carbonyl (C=O) groups excluding carboxylic acids is 2. The number of anilines is 1. The Morgan fingerprint density at radius 3 is 2.89 bits per heavy atom. The summed E-state index contributed by atoms with van der Waals surface area (Å²) in [6.07, 6.45) is 2.68. The van der Waals surface area contributed by atoms with Crippen molar-refractivity contribution in [2.24, 2.45) is 0 Å². The number of hydrogen-bond donors (Lipinski definition) is 3. The summed E-state index contributed by atoms with van der Waals surface area (Å²) >= 11 is 1.85. The lowest BCUT2D eigenvalue weighted by Crippen LogP contribution is -2.34. The normalized spacial score (nSPS) is 16.4. The highest BCUT2D eigenvalue weighted by Gasteiger charge is 2.19. The number of aromatic amines is 1. The van der Waals surface area contributed by atoms with E-state index in [2.05, 4.69) is 20.6 Å². The number of thioether (sulfide) groups is 1. The van der Waals surface area contributed by atoms with Crippen LogP contribution >= 0.6 is 11.8 Å². The smallest absolute Gasteiger partial charge is 0.272 e. The number of hydrogen-bond acceptors (Lipinski definition) is 4. The Morgan fingerprint density at radius 2 is 2.11 bits per heavy atom. The molecule has 1 aliphatic rings. The van der Waals surface area contributed by atoms with Gasteiger partial charge in [0.15, 0.2) is 0 Å². The number of carbonyl (C=O) groups is 2. The number of fused-ring (bicyclic) bond motifs is 1. The Balaban J connectivity index is 1.52. The van der Waals surface area contributed by atoms with Crippen molar-refractivity contribution in [3.8, 4) is 0 Å². The molecule has 6 nitrogen and oxygen atoms in total. The fourth-order valence-electron chi connectivity index (χ4n) is 3.08. The second-order valence-corrected chi connectivity index (χ2v) is 7.79. The molecular formula is C20H20N4O2S. The van der Waals surface area contributed by atoms with Crippen molar-refractivity contribution in [2.75, 3.05) is 16.8 Å². The van der Waals surface area contributed by atoms with Gasteiger partial charge in [-0.2, -0.15) is 11.8 Å². The number of aromatic nitrogens is 2. The lowest BCUT2D eigenvalue weighted by molar-refractivity contribution is 0.0940. The van der Waals surface area contributed by atoms with E-state index < -0.39 is 0 Å². The molecule has 1 aromatic carbocycles. The summed E-state index contributed by atoms with van der Waals surface area (Å²) < 4.78 is 0. The van der Waals surface area contributed by atoms with Gasteiger partial charge in [-0.15, -0.1) is 0 Å². The number of nitrogens with one attached hydrogen (secondary N) is 3. The van der Waals surface area contributed by atoms with Gasteiger partial charge in [-0.05, 0) is 55.0 Å². The molecule has 3 heterocycles. The lowest BCUT2D eigenvalue weighted by atomic mass is 10.1. The third-order valence-electron chi connectivity index (χ3n) is 4.65. The minimum absolute atomic E-state index is 0.104. The van der Waals surface area contributed by atoms with Crippen LogP contribution in [0, 0.1) is 6.92 Å². The number of benzene rings is 1. The quantitative estimate of drug-likeness (QED) is 0.648. The number of H-pyrrole nitrogens is 1. The van der Waals surface area contributed by atoms with Crippen LogP contribution in [0.3, 0.4) is 0 Å². The molecule has 4 rings (SSSR count). The van der Waals surface area contributed by atoms with E-state index in [4.69, 9.17) is 0 Å². The molecule has 0 spiro atoms. The third-order valence-corrected chi connectivity index (χ3v) is 5.81. The summed E-state index contributed by atoms with van der Waals surface area (Å²) in [6, 6.07) is 11.1. The average molecular weight is 380 g/mol. The van der Waals surface area contributed by atoms with Crippen molar-refractivity contribution >= 4 is 40.3 Å². The predicted octanol–water partition coefficient (Wildman–Crippen LogP) is 3.36. The maximum atomic E-state index is 12.6. The summed E-state index contributed by atoms with van der Waals surface area (Å²) in [5.74, 6) is 1.67. The molecule has 0 bridgehead atoms. The zero-order valence-corrected chi connectivity index (χ0v) is 15.7. The fraction of sp³-hybridized carbons (Fsp3) is 0.250. The van der Waals surface area contributed by atoms with E-state index in [-0.39, 0.29) is 17.9 Å². The first kappa shape index (κ1) is 17.6. The summed E-state index contributed by atoms with van der Waals surface area (Å²) in [4.78, 5) is 32.3. The van der Waals surface area contributed by atoms with Gasteiger partial charge >= 0.3 is 0 Å². The highest BCUT2D eigenvalue weighted by molar-refractivity contribution is 7.99. The molecular weight excluding hydrogens is 360 g/mol. The van der Waals surface area contributed by atoms with Gasteiger partial charge in [0.05, 0.1) is 0 Å². The summed E-state index contributed by atoms with van der Waals surface area (Å²) in [7, 11) is 0. The van der Waals surface area contributed by atoms with E-state index in [1.807, 2.05) is 36.9 Å². The molecule has 3 N–H and O–H groups in total. The van der Waals surface area contributed by atoms with Gasteiger partial charge in [-0.25, -0.2) is 4.98 Å². The number of pyridine rings is 1. The first-order valence-corrected chi connectivity index (χ1v) is 10.00. The van der Waals surface area contributed by atoms with Crippen LogP contribution in [0.1, 0.15) is 32.8 Å². The lowest BCUT2D eigenvalue weighted by Gasteiger charge is -2.13. The molecule has 2 aromatic heterocycles. The topological polar surface area (TPSA) is 86.9 Å². The first-order chi connectivity index (χ1) is 13.1. The molecule has 2 amide bonds. The van der Waals surface area contributed by atoms with Crippen LogP contribution in [0.15, 0.2) is 42.6 Å². The predicted molar refractivity (Wildman–Crippen MR) is 108 cm³/mol. The summed E-state index contributed by atoms with van der Waals surface area (Å²) in [5.41, 5.74) is 3.17. The Bertz CT molecular complexity index is 975. The zero-order valence-electron chi connectivity index (χ0n) is 14.9. The third kappa shape index (κ3) is 3.83. The zero-order chi connectivity index (χ0) is 18.8. The van der Waals surface area contributed by atoms with Gasteiger partial charge in [0.2, 0.25) is 0 Å². The SMILES string of the molecule is Cc1ccc(C(=O)NC2CCSC2)cc1NC(=O)c1cc2cccnc2[nH]1. The molecule has 1 saturated heterocycles. The van der Waals surface area contributed by atoms with Crippen molar-refractivity contribution in [3.63, 3.8) is 0 Å². The largest absolute Gasteiger partial charge is 0.348 e.